The fraction of sp³-hybridized carbons (Fsp3) is 0.667. The van der Waals surface area contributed by atoms with Gasteiger partial charge in [-0.15, -0.1) is 0 Å². The summed E-state index contributed by atoms with van der Waals surface area (Å²) < 4.78 is 18.4. The van der Waals surface area contributed by atoms with Crippen LogP contribution in [0.2, 0.25) is 0 Å². The summed E-state index contributed by atoms with van der Waals surface area (Å²) in [5.74, 6) is -0.807. The van der Waals surface area contributed by atoms with E-state index in [9.17, 15) is 9.59 Å². The Morgan fingerprint density at radius 1 is 1.23 bits per heavy atom. The van der Waals surface area contributed by atoms with Crippen molar-refractivity contribution in [1.29, 1.82) is 0 Å². The fourth-order valence-corrected chi connectivity index (χ4v) is 8.53. The molecular weight excluding hydrogens is 396 g/mol. The van der Waals surface area contributed by atoms with Crippen molar-refractivity contribution in [2.24, 2.45) is 5.41 Å². The Balaban J connectivity index is 1.71. The molecule has 3 saturated heterocycles. The molecule has 166 valence electrons. The zero-order valence-corrected chi connectivity index (χ0v) is 18.6. The summed E-state index contributed by atoms with van der Waals surface area (Å²) in [6, 6.07) is 8.33. The monoisotopic (exact) mass is 426 g/mol. The smallest absolute Gasteiger partial charge is 0.344 e. The zero-order chi connectivity index (χ0) is 21.8. The molecule has 4 fully saturated rings. The van der Waals surface area contributed by atoms with E-state index in [1.54, 1.807) is 0 Å². The Labute approximate surface area is 182 Å². The van der Waals surface area contributed by atoms with Crippen LogP contribution in [0.3, 0.4) is 0 Å². The number of nitrogens with zero attached hydrogens (tertiary/aromatic N) is 2. The Bertz CT molecular complexity index is 982. The molecule has 2 bridgehead atoms. The van der Waals surface area contributed by atoms with E-state index in [0.29, 0.717) is 0 Å². The van der Waals surface area contributed by atoms with Crippen LogP contribution in [0.4, 0.5) is 5.69 Å². The topological polar surface area (TPSA) is 68.3 Å². The Kier molecular flexibility index (Phi) is 3.79. The van der Waals surface area contributed by atoms with Gasteiger partial charge in [0.2, 0.25) is 5.60 Å². The van der Waals surface area contributed by atoms with Gasteiger partial charge in [-0.1, -0.05) is 25.1 Å². The molecular formula is C24H30N2O5. The number of methoxy groups -OCH3 is 1. The molecule has 4 heterocycles. The van der Waals surface area contributed by atoms with Crippen LogP contribution in [0, 0.1) is 5.41 Å². The van der Waals surface area contributed by atoms with Gasteiger partial charge in [-0.25, -0.2) is 4.79 Å². The minimum Gasteiger partial charge on any atom is -0.467 e. The van der Waals surface area contributed by atoms with Gasteiger partial charge in [0.05, 0.1) is 24.7 Å². The normalized spacial score (nSPS) is 44.1. The van der Waals surface area contributed by atoms with Crippen LogP contribution in [-0.4, -0.2) is 74.0 Å². The van der Waals surface area contributed by atoms with Crippen molar-refractivity contribution in [2.45, 2.75) is 68.4 Å². The Morgan fingerprint density at radius 2 is 2.00 bits per heavy atom. The van der Waals surface area contributed by atoms with Crippen molar-refractivity contribution < 1.29 is 23.8 Å². The van der Waals surface area contributed by atoms with Crippen molar-refractivity contribution in [2.75, 3.05) is 32.1 Å². The number of likely N-dealkylation sites (N-methyl/N-ethyl adjacent to an activating group) is 1. The number of hydrogen-bond donors (Lipinski definition) is 0. The predicted molar refractivity (Wildman–Crippen MR) is 113 cm³/mol. The molecule has 7 atom stereocenters. The van der Waals surface area contributed by atoms with Crippen molar-refractivity contribution in [3.8, 4) is 0 Å². The third-order valence-electron chi connectivity index (χ3n) is 9.14. The standard InChI is InChI=1S/C24H30N2O5/c1-5-22-17-10-12-26-13-11-23(18(22)26)15-8-6-7-9-16(15)25(3)19(23)24(31-17,21(28)29-4)20(22)30-14(2)27/h6-9,17-20H,5,10-13H2,1-4H3. The largest absolute Gasteiger partial charge is 0.467 e. The van der Waals surface area contributed by atoms with Gasteiger partial charge in [-0.05, 0) is 37.4 Å². The van der Waals surface area contributed by atoms with Crippen molar-refractivity contribution in [3.63, 3.8) is 0 Å². The molecule has 1 aliphatic carbocycles. The zero-order valence-electron chi connectivity index (χ0n) is 18.6. The lowest BCUT2D eigenvalue weighted by Gasteiger charge is -2.60. The van der Waals surface area contributed by atoms with Crippen LogP contribution in [0.5, 0.6) is 0 Å². The van der Waals surface area contributed by atoms with Gasteiger partial charge in [-0.2, -0.15) is 0 Å². The molecule has 7 heteroatoms. The SMILES string of the molecule is CCC12C3CCN4CCC5(c6ccccc6N(C)C5C(C(=O)OC)(O3)C1OC(C)=O)C42. The van der Waals surface area contributed by atoms with Crippen LogP contribution in [0.25, 0.3) is 0 Å². The number of esters is 2. The van der Waals surface area contributed by atoms with Crippen molar-refractivity contribution in [3.05, 3.63) is 29.8 Å². The first-order valence-corrected chi connectivity index (χ1v) is 11.4. The summed E-state index contributed by atoms with van der Waals surface area (Å²) in [4.78, 5) is 30.9. The lowest BCUT2D eigenvalue weighted by Crippen LogP contribution is -2.78. The maximum atomic E-state index is 13.7. The van der Waals surface area contributed by atoms with Gasteiger partial charge in [-0.3, -0.25) is 9.69 Å². The van der Waals surface area contributed by atoms with E-state index in [-0.39, 0.29) is 29.6 Å². The number of benzene rings is 1. The molecule has 1 aromatic rings. The van der Waals surface area contributed by atoms with Crippen molar-refractivity contribution >= 4 is 17.6 Å². The second-order valence-electron chi connectivity index (χ2n) is 9.89. The summed E-state index contributed by atoms with van der Waals surface area (Å²) in [6.45, 7) is 5.49. The van der Waals surface area contributed by atoms with Gasteiger partial charge in [0.15, 0.2) is 6.10 Å². The van der Waals surface area contributed by atoms with Crippen molar-refractivity contribution in [1.82, 2.24) is 4.90 Å². The molecule has 7 unspecified atom stereocenters. The van der Waals surface area contributed by atoms with Crippen LogP contribution < -0.4 is 4.90 Å². The first-order valence-electron chi connectivity index (χ1n) is 11.4. The second kappa shape index (κ2) is 6.01. The highest BCUT2D eigenvalue weighted by Gasteiger charge is 2.87. The van der Waals surface area contributed by atoms with E-state index >= 15 is 0 Å². The number of para-hydroxylation sites is 1. The first-order chi connectivity index (χ1) is 14.9. The van der Waals surface area contributed by atoms with Crippen LogP contribution in [0.1, 0.15) is 38.7 Å². The third-order valence-corrected chi connectivity index (χ3v) is 9.14. The van der Waals surface area contributed by atoms with E-state index in [4.69, 9.17) is 14.2 Å². The quantitative estimate of drug-likeness (QED) is 0.684. The number of ether oxygens (including phenoxy) is 3. The number of carbonyl (C=O) groups excluding carboxylic acids is 2. The van der Waals surface area contributed by atoms with Gasteiger partial charge in [0.1, 0.15) is 0 Å². The Morgan fingerprint density at radius 3 is 2.71 bits per heavy atom. The highest BCUT2D eigenvalue weighted by atomic mass is 16.6. The highest BCUT2D eigenvalue weighted by Crippen LogP contribution is 2.72. The molecule has 0 amide bonds. The van der Waals surface area contributed by atoms with E-state index in [1.807, 2.05) is 13.1 Å². The minimum absolute atomic E-state index is 0.143. The fourth-order valence-electron chi connectivity index (χ4n) is 8.53. The molecule has 0 aromatic heterocycles. The molecule has 6 rings (SSSR count). The van der Waals surface area contributed by atoms with Crippen LogP contribution in [0.15, 0.2) is 24.3 Å². The first kappa shape index (κ1) is 19.6. The number of rotatable bonds is 3. The number of anilines is 1. The molecule has 0 N–H and O–H groups in total. The predicted octanol–water partition coefficient (Wildman–Crippen LogP) is 1.87. The molecule has 5 aliphatic rings. The number of hydrogen-bond acceptors (Lipinski definition) is 7. The van der Waals surface area contributed by atoms with Crippen LogP contribution in [-0.2, 0) is 29.2 Å². The molecule has 1 saturated carbocycles. The summed E-state index contributed by atoms with van der Waals surface area (Å²) in [6.07, 6.45) is 1.72. The number of piperidine rings is 1. The molecule has 7 nitrogen and oxygen atoms in total. The highest BCUT2D eigenvalue weighted by molar-refractivity contribution is 5.87. The van der Waals surface area contributed by atoms with Gasteiger partial charge in [0, 0.05) is 37.7 Å². The maximum absolute atomic E-state index is 13.7. The molecule has 31 heavy (non-hydrogen) atoms. The van der Waals surface area contributed by atoms with Gasteiger partial charge >= 0.3 is 11.9 Å². The Hall–Kier alpha value is -2.12. The van der Waals surface area contributed by atoms with E-state index in [0.717, 1.165) is 38.0 Å². The lowest BCUT2D eigenvalue weighted by molar-refractivity contribution is -0.199. The summed E-state index contributed by atoms with van der Waals surface area (Å²) in [7, 11) is 3.45. The molecule has 1 spiro atoms. The lowest BCUT2D eigenvalue weighted by atomic mass is 9.48. The third kappa shape index (κ3) is 1.87. The number of carbonyl (C=O) groups is 2. The molecule has 0 radical (unpaired) electrons. The van der Waals surface area contributed by atoms with E-state index in [1.165, 1.54) is 19.6 Å². The minimum atomic E-state index is -1.36. The average Bonchev–Trinajstić information content (AvgIpc) is 3.37. The maximum Gasteiger partial charge on any atom is 0.344 e. The molecule has 4 aliphatic heterocycles. The average molecular weight is 427 g/mol. The number of fused-ring (bicyclic) bond motifs is 3. The van der Waals surface area contributed by atoms with E-state index in [2.05, 4.69) is 34.9 Å². The second-order valence-corrected chi connectivity index (χ2v) is 9.89. The molecule has 1 aromatic carbocycles. The van der Waals surface area contributed by atoms with E-state index < -0.39 is 23.1 Å². The summed E-state index contributed by atoms with van der Waals surface area (Å²) >= 11 is 0. The summed E-state index contributed by atoms with van der Waals surface area (Å²) in [5.41, 5.74) is 0.327. The van der Waals surface area contributed by atoms with Gasteiger partial charge < -0.3 is 19.1 Å². The van der Waals surface area contributed by atoms with Crippen LogP contribution >= 0.6 is 0 Å². The summed E-state index contributed by atoms with van der Waals surface area (Å²) in [5, 5.41) is 0. The van der Waals surface area contributed by atoms with Gasteiger partial charge in [0.25, 0.3) is 0 Å².